The fourth-order valence-corrected chi connectivity index (χ4v) is 3.06. The zero-order valence-electron chi connectivity index (χ0n) is 13.2. The third kappa shape index (κ3) is 4.82. The van der Waals surface area contributed by atoms with Gasteiger partial charge in [0.1, 0.15) is 0 Å². The van der Waals surface area contributed by atoms with E-state index in [2.05, 4.69) is 5.32 Å². The molecule has 1 amide bonds. The molecule has 0 heterocycles. The van der Waals surface area contributed by atoms with Gasteiger partial charge >= 0.3 is 0 Å². The van der Waals surface area contributed by atoms with Gasteiger partial charge in [-0.15, -0.1) is 11.8 Å². The summed E-state index contributed by atoms with van der Waals surface area (Å²) in [6, 6.07) is 12.1. The van der Waals surface area contributed by atoms with Crippen molar-refractivity contribution in [1.82, 2.24) is 0 Å². The molecule has 1 atom stereocenters. The van der Waals surface area contributed by atoms with Crippen LogP contribution < -0.4 is 5.32 Å². The molecular weight excluding hydrogens is 312 g/mol. The third-order valence-corrected chi connectivity index (χ3v) is 4.33. The highest BCUT2D eigenvalue weighted by Gasteiger charge is 2.15. The normalized spacial score (nSPS) is 11.8. The van der Waals surface area contributed by atoms with Crippen molar-refractivity contribution in [1.29, 1.82) is 0 Å². The molecule has 0 aliphatic heterocycles. The molecule has 0 bridgehead atoms. The zero-order valence-corrected chi connectivity index (χ0v) is 14.0. The van der Waals surface area contributed by atoms with Gasteiger partial charge in [0.05, 0.1) is 10.2 Å². The lowest BCUT2D eigenvalue weighted by molar-refractivity contribution is -0.384. The van der Waals surface area contributed by atoms with E-state index in [-0.39, 0.29) is 16.8 Å². The second-order valence-corrected chi connectivity index (χ2v) is 6.79. The number of carbonyl (C=O) groups is 1. The molecule has 0 spiro atoms. The molecule has 0 aromatic heterocycles. The van der Waals surface area contributed by atoms with Crippen LogP contribution in [0.3, 0.4) is 0 Å². The lowest BCUT2D eigenvalue weighted by atomic mass is 10.1. The summed E-state index contributed by atoms with van der Waals surface area (Å²) in [6.07, 6.45) is 0. The number of hydrogen-bond acceptors (Lipinski definition) is 4. The maximum Gasteiger partial charge on any atom is 0.269 e. The van der Waals surface area contributed by atoms with Crippen molar-refractivity contribution in [2.75, 3.05) is 5.32 Å². The van der Waals surface area contributed by atoms with E-state index in [9.17, 15) is 14.9 Å². The molecule has 0 fully saturated rings. The van der Waals surface area contributed by atoms with E-state index < -0.39 is 4.92 Å². The molecule has 0 saturated carbocycles. The minimum absolute atomic E-state index is 0.0432. The Morgan fingerprint density at radius 3 is 2.22 bits per heavy atom. The minimum atomic E-state index is -0.440. The molecule has 0 aliphatic carbocycles. The number of nitrogens with zero attached hydrogens (tertiary/aromatic N) is 1. The highest BCUT2D eigenvalue weighted by atomic mass is 32.2. The van der Waals surface area contributed by atoms with Crippen molar-refractivity contribution in [3.05, 3.63) is 63.7 Å². The van der Waals surface area contributed by atoms with Gasteiger partial charge in [0.25, 0.3) is 5.69 Å². The van der Waals surface area contributed by atoms with Gasteiger partial charge in [-0.05, 0) is 56.2 Å². The van der Waals surface area contributed by atoms with Gasteiger partial charge in [0, 0.05) is 22.7 Å². The van der Waals surface area contributed by atoms with E-state index in [1.807, 2.05) is 39.0 Å². The second-order valence-electron chi connectivity index (χ2n) is 5.38. The molecule has 0 unspecified atom stereocenters. The van der Waals surface area contributed by atoms with Gasteiger partial charge in [-0.3, -0.25) is 14.9 Å². The van der Waals surface area contributed by atoms with E-state index in [1.165, 1.54) is 23.9 Å². The smallest absolute Gasteiger partial charge is 0.269 e. The van der Waals surface area contributed by atoms with Crippen LogP contribution in [0.4, 0.5) is 11.4 Å². The van der Waals surface area contributed by atoms with E-state index in [1.54, 1.807) is 12.1 Å². The summed E-state index contributed by atoms with van der Waals surface area (Å²) in [5.74, 6) is -0.0987. The zero-order chi connectivity index (χ0) is 17.0. The summed E-state index contributed by atoms with van der Waals surface area (Å²) < 4.78 is 0. The van der Waals surface area contributed by atoms with Crippen LogP contribution in [0, 0.1) is 24.0 Å². The number of aryl methyl sites for hydroxylation is 2. The summed E-state index contributed by atoms with van der Waals surface area (Å²) in [5.41, 5.74) is 3.01. The Morgan fingerprint density at radius 2 is 1.70 bits per heavy atom. The third-order valence-electron chi connectivity index (χ3n) is 3.22. The number of benzene rings is 2. The number of nitro benzene ring substituents is 1. The van der Waals surface area contributed by atoms with Gasteiger partial charge in [-0.25, -0.2) is 0 Å². The highest BCUT2D eigenvalue weighted by molar-refractivity contribution is 8.00. The molecule has 0 saturated heterocycles. The van der Waals surface area contributed by atoms with Crippen LogP contribution in [0.15, 0.2) is 47.4 Å². The van der Waals surface area contributed by atoms with E-state index >= 15 is 0 Å². The van der Waals surface area contributed by atoms with Gasteiger partial charge in [0.15, 0.2) is 0 Å². The fourth-order valence-electron chi connectivity index (χ4n) is 2.19. The molecule has 120 valence electrons. The number of nitrogens with one attached hydrogen (secondary N) is 1. The first kappa shape index (κ1) is 17.0. The topological polar surface area (TPSA) is 72.2 Å². The standard InChI is InChI=1S/C17H18N2O3S/c1-11-8-12(2)10-14(9-11)18-17(20)13(3)23-16-6-4-15(5-7-16)19(21)22/h4-10,13H,1-3H3,(H,18,20)/t13-/m1/s1. The van der Waals surface area contributed by atoms with Gasteiger partial charge in [-0.1, -0.05) is 6.07 Å². The largest absolute Gasteiger partial charge is 0.325 e. The molecular formula is C17H18N2O3S. The molecule has 2 aromatic rings. The summed E-state index contributed by atoms with van der Waals surface area (Å²) in [7, 11) is 0. The molecule has 0 aliphatic rings. The Labute approximate surface area is 139 Å². The second kappa shape index (κ2) is 7.28. The number of hydrogen-bond donors (Lipinski definition) is 1. The molecule has 0 radical (unpaired) electrons. The van der Waals surface area contributed by atoms with E-state index in [0.717, 1.165) is 21.7 Å². The van der Waals surface area contributed by atoms with Crippen molar-refractivity contribution in [3.8, 4) is 0 Å². The van der Waals surface area contributed by atoms with Crippen LogP contribution in [0.25, 0.3) is 0 Å². The maximum absolute atomic E-state index is 12.3. The first-order chi connectivity index (χ1) is 10.8. The predicted molar refractivity (Wildman–Crippen MR) is 93.0 cm³/mol. The SMILES string of the molecule is Cc1cc(C)cc(NC(=O)[C@@H](C)Sc2ccc([N+](=O)[O-])cc2)c1. The number of carbonyl (C=O) groups excluding carboxylic acids is 1. The van der Waals surface area contributed by atoms with Crippen LogP contribution >= 0.6 is 11.8 Å². The number of amides is 1. The van der Waals surface area contributed by atoms with Crippen LogP contribution in [-0.4, -0.2) is 16.1 Å². The van der Waals surface area contributed by atoms with Crippen LogP contribution in [0.2, 0.25) is 0 Å². The maximum atomic E-state index is 12.3. The number of anilines is 1. The summed E-state index contributed by atoms with van der Waals surface area (Å²) >= 11 is 1.37. The molecule has 2 rings (SSSR count). The highest BCUT2D eigenvalue weighted by Crippen LogP contribution is 2.26. The van der Waals surface area contributed by atoms with Crippen LogP contribution in [0.1, 0.15) is 18.1 Å². The quantitative estimate of drug-likeness (QED) is 0.503. The molecule has 1 N–H and O–H groups in total. The Bertz CT molecular complexity index is 709. The van der Waals surface area contributed by atoms with E-state index in [0.29, 0.717) is 0 Å². The van der Waals surface area contributed by atoms with Crippen molar-refractivity contribution >= 4 is 29.0 Å². The lowest BCUT2D eigenvalue weighted by Gasteiger charge is -2.13. The van der Waals surface area contributed by atoms with Crippen molar-refractivity contribution in [2.45, 2.75) is 30.9 Å². The Kier molecular flexibility index (Phi) is 5.39. The van der Waals surface area contributed by atoms with Crippen LogP contribution in [0.5, 0.6) is 0 Å². The van der Waals surface area contributed by atoms with Gasteiger partial charge in [0.2, 0.25) is 5.91 Å². The minimum Gasteiger partial charge on any atom is -0.325 e. The number of nitro groups is 1. The molecule has 23 heavy (non-hydrogen) atoms. The Hall–Kier alpha value is -2.34. The van der Waals surface area contributed by atoms with Crippen molar-refractivity contribution < 1.29 is 9.72 Å². The first-order valence-corrected chi connectivity index (χ1v) is 8.03. The fraction of sp³-hybridized carbons (Fsp3) is 0.235. The summed E-state index contributed by atoms with van der Waals surface area (Å²) in [6.45, 7) is 5.78. The van der Waals surface area contributed by atoms with Gasteiger partial charge < -0.3 is 5.32 Å². The predicted octanol–water partition coefficient (Wildman–Crippen LogP) is 4.33. The molecule has 2 aromatic carbocycles. The average Bonchev–Trinajstić information content (AvgIpc) is 2.46. The first-order valence-electron chi connectivity index (χ1n) is 7.15. The number of rotatable bonds is 5. The summed E-state index contributed by atoms with van der Waals surface area (Å²) in [4.78, 5) is 23.3. The molecule has 5 nitrogen and oxygen atoms in total. The Morgan fingerprint density at radius 1 is 1.13 bits per heavy atom. The Balaban J connectivity index is 2.00. The number of non-ortho nitro benzene ring substituents is 1. The van der Waals surface area contributed by atoms with Crippen LogP contribution in [-0.2, 0) is 4.79 Å². The lowest BCUT2D eigenvalue weighted by Crippen LogP contribution is -2.22. The number of thioether (sulfide) groups is 1. The van der Waals surface area contributed by atoms with E-state index in [4.69, 9.17) is 0 Å². The average molecular weight is 330 g/mol. The molecule has 6 heteroatoms. The monoisotopic (exact) mass is 330 g/mol. The van der Waals surface area contributed by atoms with Crippen molar-refractivity contribution in [2.24, 2.45) is 0 Å². The summed E-state index contributed by atoms with van der Waals surface area (Å²) in [5, 5.41) is 13.2. The van der Waals surface area contributed by atoms with Gasteiger partial charge in [-0.2, -0.15) is 0 Å². The van der Waals surface area contributed by atoms with Crippen molar-refractivity contribution in [3.63, 3.8) is 0 Å².